The Labute approximate surface area is 167 Å². The van der Waals surface area contributed by atoms with Crippen molar-refractivity contribution in [2.75, 3.05) is 12.4 Å². The number of rotatable bonds is 5. The number of hydrogen-bond donors (Lipinski definition) is 2. The largest absolute Gasteiger partial charge is 0.495 e. The van der Waals surface area contributed by atoms with Crippen molar-refractivity contribution in [2.45, 2.75) is 6.42 Å². The minimum Gasteiger partial charge on any atom is -0.495 e. The molecule has 0 bridgehead atoms. The van der Waals surface area contributed by atoms with Gasteiger partial charge in [0.1, 0.15) is 17.9 Å². The van der Waals surface area contributed by atoms with Crippen molar-refractivity contribution in [1.82, 2.24) is 29.9 Å². The molecule has 0 fully saturated rings. The Morgan fingerprint density at radius 3 is 2.90 bits per heavy atom. The molecular weight excluding hydrogens is 366 g/mol. The number of fused-ring (bicyclic) bond motifs is 1. The van der Waals surface area contributed by atoms with E-state index in [0.717, 1.165) is 45.6 Å². The maximum Gasteiger partial charge on any atom is 0.186 e. The molecule has 144 valence electrons. The summed E-state index contributed by atoms with van der Waals surface area (Å²) in [6.45, 7) is 0. The van der Waals surface area contributed by atoms with Crippen LogP contribution in [-0.4, -0.2) is 37.1 Å². The number of nitrogens with zero attached hydrogens (tertiary/aromatic N) is 5. The number of allylic oxidation sites excluding steroid dienone is 4. The molecule has 1 aliphatic carbocycles. The van der Waals surface area contributed by atoms with E-state index in [0.29, 0.717) is 11.5 Å². The van der Waals surface area contributed by atoms with Gasteiger partial charge in [-0.25, -0.2) is 9.97 Å². The summed E-state index contributed by atoms with van der Waals surface area (Å²) in [5.74, 6) is 1.39. The Bertz CT molecular complexity index is 1270. The van der Waals surface area contributed by atoms with Gasteiger partial charge < -0.3 is 10.1 Å². The van der Waals surface area contributed by atoms with Crippen LogP contribution in [0.25, 0.3) is 27.7 Å². The number of benzene rings is 1. The van der Waals surface area contributed by atoms with E-state index in [2.05, 4.69) is 48.8 Å². The van der Waals surface area contributed by atoms with Crippen LogP contribution in [0.15, 0.2) is 55.1 Å². The average molecular weight is 385 g/mol. The van der Waals surface area contributed by atoms with Gasteiger partial charge in [0, 0.05) is 18.8 Å². The molecule has 1 aliphatic rings. The lowest BCUT2D eigenvalue weighted by molar-refractivity contribution is 0.417. The molecule has 1 aromatic carbocycles. The van der Waals surface area contributed by atoms with Gasteiger partial charge in [-0.3, -0.25) is 9.78 Å². The van der Waals surface area contributed by atoms with Crippen LogP contribution in [-0.2, 0) is 7.05 Å². The molecule has 0 radical (unpaired) electrons. The van der Waals surface area contributed by atoms with Gasteiger partial charge >= 0.3 is 0 Å². The molecule has 0 atom stereocenters. The SMILES string of the molecule is COc1ccc(-c2cnn(C)c2)cc1Nc1ncnc2n[nH]c(C3=CCC=C3)c12. The Kier molecular flexibility index (Phi) is 4.09. The molecule has 3 heterocycles. The molecule has 4 aromatic rings. The van der Waals surface area contributed by atoms with Gasteiger partial charge in [-0.1, -0.05) is 24.3 Å². The van der Waals surface area contributed by atoms with E-state index in [4.69, 9.17) is 4.74 Å². The van der Waals surface area contributed by atoms with Gasteiger partial charge in [0.2, 0.25) is 0 Å². The van der Waals surface area contributed by atoms with Crippen LogP contribution >= 0.6 is 0 Å². The highest BCUT2D eigenvalue weighted by atomic mass is 16.5. The molecule has 3 aromatic heterocycles. The monoisotopic (exact) mass is 385 g/mol. The lowest BCUT2D eigenvalue weighted by atomic mass is 10.1. The van der Waals surface area contributed by atoms with Crippen molar-refractivity contribution < 1.29 is 4.74 Å². The lowest BCUT2D eigenvalue weighted by Crippen LogP contribution is -1.99. The van der Waals surface area contributed by atoms with E-state index in [-0.39, 0.29) is 0 Å². The van der Waals surface area contributed by atoms with Gasteiger partial charge in [0.05, 0.1) is 30.1 Å². The van der Waals surface area contributed by atoms with E-state index >= 15 is 0 Å². The number of hydrogen-bond acceptors (Lipinski definition) is 6. The molecule has 29 heavy (non-hydrogen) atoms. The second kappa shape index (κ2) is 6.90. The van der Waals surface area contributed by atoms with Crippen LogP contribution in [0, 0.1) is 0 Å². The van der Waals surface area contributed by atoms with Crippen molar-refractivity contribution in [3.63, 3.8) is 0 Å². The van der Waals surface area contributed by atoms with E-state index in [1.165, 1.54) is 6.33 Å². The number of aromatic amines is 1. The van der Waals surface area contributed by atoms with E-state index in [1.807, 2.05) is 37.6 Å². The van der Waals surface area contributed by atoms with E-state index in [9.17, 15) is 0 Å². The van der Waals surface area contributed by atoms with Crippen LogP contribution in [0.4, 0.5) is 11.5 Å². The van der Waals surface area contributed by atoms with Crippen molar-refractivity contribution in [3.8, 4) is 16.9 Å². The third-order valence-electron chi connectivity index (χ3n) is 4.90. The fraction of sp³-hybridized carbons (Fsp3) is 0.143. The van der Waals surface area contributed by atoms with Crippen LogP contribution in [0.3, 0.4) is 0 Å². The molecule has 5 rings (SSSR count). The highest BCUT2D eigenvalue weighted by molar-refractivity contribution is 5.99. The second-order valence-electron chi connectivity index (χ2n) is 6.76. The van der Waals surface area contributed by atoms with Gasteiger partial charge in [0.15, 0.2) is 5.65 Å². The first kappa shape index (κ1) is 17.2. The summed E-state index contributed by atoms with van der Waals surface area (Å²) >= 11 is 0. The summed E-state index contributed by atoms with van der Waals surface area (Å²) in [6, 6.07) is 5.97. The molecule has 0 amide bonds. The highest BCUT2D eigenvalue weighted by Gasteiger charge is 2.17. The number of aryl methyl sites for hydroxylation is 1. The normalized spacial score (nSPS) is 13.1. The standard InChI is InChI=1S/C21H19N7O/c1-28-11-15(10-24-28)14-7-8-17(29-2)16(9-14)25-20-18-19(13-5-3-4-6-13)26-27-21(18)23-12-22-20/h3,5-12H,4H2,1-2H3,(H2,22,23,25,26,27). The molecule has 0 saturated carbocycles. The molecule has 8 nitrogen and oxygen atoms in total. The molecule has 0 saturated heterocycles. The quantitative estimate of drug-likeness (QED) is 0.542. The minimum absolute atomic E-state index is 0.612. The van der Waals surface area contributed by atoms with Crippen molar-refractivity contribution >= 4 is 28.1 Å². The Morgan fingerprint density at radius 1 is 1.21 bits per heavy atom. The van der Waals surface area contributed by atoms with Crippen LogP contribution in [0.5, 0.6) is 5.75 Å². The molecule has 2 N–H and O–H groups in total. The molecule has 0 aliphatic heterocycles. The summed E-state index contributed by atoms with van der Waals surface area (Å²) < 4.78 is 7.34. The van der Waals surface area contributed by atoms with E-state index < -0.39 is 0 Å². The fourth-order valence-corrected chi connectivity index (χ4v) is 3.49. The van der Waals surface area contributed by atoms with Gasteiger partial charge in [-0.05, 0) is 29.7 Å². The number of anilines is 2. The fourth-order valence-electron chi connectivity index (χ4n) is 3.49. The number of aromatic nitrogens is 6. The first-order valence-corrected chi connectivity index (χ1v) is 9.23. The summed E-state index contributed by atoms with van der Waals surface area (Å²) in [7, 11) is 3.55. The van der Waals surface area contributed by atoms with Crippen molar-refractivity contribution in [3.05, 3.63) is 60.8 Å². The summed E-state index contributed by atoms with van der Waals surface area (Å²) in [4.78, 5) is 8.78. The topological polar surface area (TPSA) is 93.5 Å². The second-order valence-corrected chi connectivity index (χ2v) is 6.76. The molecule has 0 unspecified atom stereocenters. The number of ether oxygens (including phenoxy) is 1. The molecule has 0 spiro atoms. The predicted octanol–water partition coefficient (Wildman–Crippen LogP) is 3.85. The molecular formula is C21H19N7O. The summed E-state index contributed by atoms with van der Waals surface area (Å²) in [6.07, 6.45) is 12.6. The summed E-state index contributed by atoms with van der Waals surface area (Å²) in [5, 5.41) is 16.0. The van der Waals surface area contributed by atoms with E-state index in [1.54, 1.807) is 11.8 Å². The van der Waals surface area contributed by atoms with Crippen molar-refractivity contribution in [1.29, 1.82) is 0 Å². The van der Waals surface area contributed by atoms with Crippen LogP contribution in [0.1, 0.15) is 12.1 Å². The first-order chi connectivity index (χ1) is 14.2. The van der Waals surface area contributed by atoms with Crippen molar-refractivity contribution in [2.24, 2.45) is 7.05 Å². The minimum atomic E-state index is 0.612. The highest BCUT2D eigenvalue weighted by Crippen LogP contribution is 2.35. The zero-order valence-electron chi connectivity index (χ0n) is 16.0. The zero-order chi connectivity index (χ0) is 19.8. The number of H-pyrrole nitrogens is 1. The number of nitrogens with one attached hydrogen (secondary N) is 2. The smallest absolute Gasteiger partial charge is 0.186 e. The predicted molar refractivity (Wildman–Crippen MR) is 112 cm³/mol. The Balaban J connectivity index is 1.60. The third kappa shape index (κ3) is 3.04. The molecule has 8 heteroatoms. The first-order valence-electron chi connectivity index (χ1n) is 9.23. The van der Waals surface area contributed by atoms with Gasteiger partial charge in [-0.15, -0.1) is 0 Å². The maximum atomic E-state index is 5.56. The zero-order valence-corrected chi connectivity index (χ0v) is 16.0. The van der Waals surface area contributed by atoms with Gasteiger partial charge in [-0.2, -0.15) is 10.2 Å². The number of methoxy groups -OCH3 is 1. The van der Waals surface area contributed by atoms with Gasteiger partial charge in [0.25, 0.3) is 0 Å². The van der Waals surface area contributed by atoms with Crippen LogP contribution < -0.4 is 10.1 Å². The third-order valence-corrected chi connectivity index (χ3v) is 4.90. The maximum absolute atomic E-state index is 5.56. The van der Waals surface area contributed by atoms with Crippen LogP contribution in [0.2, 0.25) is 0 Å². The Hall–Kier alpha value is -3.94. The average Bonchev–Trinajstić information content (AvgIpc) is 3.48. The Morgan fingerprint density at radius 2 is 2.14 bits per heavy atom. The summed E-state index contributed by atoms with van der Waals surface area (Å²) in [5.41, 5.74) is 5.45. The lowest BCUT2D eigenvalue weighted by Gasteiger charge is -2.13.